The third-order valence-corrected chi connectivity index (χ3v) is 3.73. The summed E-state index contributed by atoms with van der Waals surface area (Å²) in [7, 11) is 0. The summed E-state index contributed by atoms with van der Waals surface area (Å²) >= 11 is 0. The molecule has 19 heavy (non-hydrogen) atoms. The van der Waals surface area contributed by atoms with Crippen molar-refractivity contribution in [2.75, 3.05) is 0 Å². The largest absolute Gasteiger partial charge is 0.486 e. The number of rotatable bonds is 3. The molecular formula is C17H19NO. The van der Waals surface area contributed by atoms with Crippen molar-refractivity contribution in [3.8, 4) is 5.75 Å². The molecule has 0 fully saturated rings. The summed E-state index contributed by atoms with van der Waals surface area (Å²) in [5.41, 5.74) is 9.55. The molecule has 1 atom stereocenters. The Balaban J connectivity index is 1.84. The molecule has 0 amide bonds. The third-order valence-electron chi connectivity index (χ3n) is 3.73. The Morgan fingerprint density at radius 3 is 2.89 bits per heavy atom. The summed E-state index contributed by atoms with van der Waals surface area (Å²) in [4.78, 5) is 0. The lowest BCUT2D eigenvalue weighted by molar-refractivity contribution is 0.183. The van der Waals surface area contributed by atoms with Crippen LogP contribution in [0.1, 0.15) is 35.6 Å². The molecule has 2 heteroatoms. The van der Waals surface area contributed by atoms with Gasteiger partial charge in [0.2, 0.25) is 0 Å². The lowest BCUT2D eigenvalue weighted by atomic mass is 9.89. The van der Waals surface area contributed by atoms with Crippen molar-refractivity contribution in [1.82, 2.24) is 0 Å². The molecule has 2 nitrogen and oxygen atoms in total. The van der Waals surface area contributed by atoms with Gasteiger partial charge in [0.1, 0.15) is 11.9 Å². The van der Waals surface area contributed by atoms with Gasteiger partial charge in [-0.15, -0.1) is 0 Å². The Hall–Kier alpha value is -1.80. The minimum Gasteiger partial charge on any atom is -0.486 e. The zero-order valence-corrected chi connectivity index (χ0v) is 11.0. The van der Waals surface area contributed by atoms with Crippen LogP contribution >= 0.6 is 0 Å². The molecule has 1 unspecified atom stereocenters. The van der Waals surface area contributed by atoms with Gasteiger partial charge in [-0.05, 0) is 48.1 Å². The molecule has 0 bridgehead atoms. The van der Waals surface area contributed by atoms with Gasteiger partial charge in [-0.3, -0.25) is 0 Å². The number of nitrogens with two attached hydrogens (primary N) is 1. The first-order valence-corrected chi connectivity index (χ1v) is 6.90. The van der Waals surface area contributed by atoms with Crippen LogP contribution in [0.5, 0.6) is 5.75 Å². The molecule has 1 aliphatic carbocycles. The molecular weight excluding hydrogens is 234 g/mol. The molecule has 0 heterocycles. The molecule has 0 radical (unpaired) electrons. The summed E-state index contributed by atoms with van der Waals surface area (Å²) in [6.45, 7) is 0.554. The van der Waals surface area contributed by atoms with Crippen molar-refractivity contribution in [2.24, 2.45) is 5.73 Å². The molecule has 0 saturated heterocycles. The molecule has 98 valence electrons. The lowest BCUT2D eigenvalue weighted by Gasteiger charge is -2.26. The van der Waals surface area contributed by atoms with Crippen molar-refractivity contribution in [2.45, 2.75) is 31.9 Å². The predicted octanol–water partition coefficient (Wildman–Crippen LogP) is 3.60. The van der Waals surface area contributed by atoms with Gasteiger partial charge in [0.25, 0.3) is 0 Å². The number of ether oxygens (including phenoxy) is 1. The summed E-state index contributed by atoms with van der Waals surface area (Å²) in [6, 6.07) is 16.7. The molecule has 1 aliphatic rings. The normalized spacial score (nSPS) is 17.8. The number of hydrogen-bond acceptors (Lipinski definition) is 2. The highest BCUT2D eigenvalue weighted by molar-refractivity contribution is 5.34. The van der Waals surface area contributed by atoms with Crippen LogP contribution in [0.4, 0.5) is 0 Å². The summed E-state index contributed by atoms with van der Waals surface area (Å²) in [6.07, 6.45) is 3.62. The lowest BCUT2D eigenvalue weighted by Crippen LogP contribution is -2.15. The summed E-state index contributed by atoms with van der Waals surface area (Å²) < 4.78 is 6.17. The van der Waals surface area contributed by atoms with E-state index in [1.54, 1.807) is 0 Å². The summed E-state index contributed by atoms with van der Waals surface area (Å²) in [5, 5.41) is 0. The molecule has 2 aromatic carbocycles. The second-order valence-electron chi connectivity index (χ2n) is 5.05. The second-order valence-corrected chi connectivity index (χ2v) is 5.05. The van der Waals surface area contributed by atoms with Crippen LogP contribution in [0.2, 0.25) is 0 Å². The van der Waals surface area contributed by atoms with Gasteiger partial charge in [0.15, 0.2) is 0 Å². The smallest absolute Gasteiger partial charge is 0.124 e. The maximum Gasteiger partial charge on any atom is 0.124 e. The first kappa shape index (κ1) is 12.2. The zero-order chi connectivity index (χ0) is 13.1. The van der Waals surface area contributed by atoms with E-state index in [0.29, 0.717) is 6.54 Å². The van der Waals surface area contributed by atoms with Crippen molar-refractivity contribution >= 4 is 0 Å². The quantitative estimate of drug-likeness (QED) is 0.907. The zero-order valence-electron chi connectivity index (χ0n) is 11.0. The van der Waals surface area contributed by atoms with Crippen molar-refractivity contribution in [3.05, 3.63) is 65.2 Å². The van der Waals surface area contributed by atoms with Crippen LogP contribution in [-0.4, -0.2) is 0 Å². The minimum atomic E-state index is 0.179. The van der Waals surface area contributed by atoms with E-state index in [2.05, 4.69) is 24.3 Å². The number of benzene rings is 2. The van der Waals surface area contributed by atoms with E-state index in [4.69, 9.17) is 10.5 Å². The van der Waals surface area contributed by atoms with Gasteiger partial charge in [-0.2, -0.15) is 0 Å². The van der Waals surface area contributed by atoms with E-state index in [-0.39, 0.29) is 6.10 Å². The fourth-order valence-electron chi connectivity index (χ4n) is 2.74. The van der Waals surface area contributed by atoms with Crippen molar-refractivity contribution in [3.63, 3.8) is 0 Å². The Morgan fingerprint density at radius 2 is 2.00 bits per heavy atom. The minimum absolute atomic E-state index is 0.179. The van der Waals surface area contributed by atoms with E-state index in [0.717, 1.165) is 17.7 Å². The highest BCUT2D eigenvalue weighted by Gasteiger charge is 2.21. The second kappa shape index (κ2) is 5.45. The monoisotopic (exact) mass is 253 g/mol. The van der Waals surface area contributed by atoms with E-state index >= 15 is 0 Å². The third kappa shape index (κ3) is 2.64. The molecule has 0 spiro atoms. The predicted molar refractivity (Wildman–Crippen MR) is 77.1 cm³/mol. The van der Waals surface area contributed by atoms with Crippen LogP contribution in [0, 0.1) is 0 Å². The van der Waals surface area contributed by atoms with Crippen molar-refractivity contribution < 1.29 is 4.74 Å². The maximum atomic E-state index is 6.17. The molecule has 3 rings (SSSR count). The van der Waals surface area contributed by atoms with Gasteiger partial charge in [0, 0.05) is 6.54 Å². The topological polar surface area (TPSA) is 35.2 Å². The average molecular weight is 253 g/mol. The Labute approximate surface area is 114 Å². The number of hydrogen-bond donors (Lipinski definition) is 1. The number of fused-ring (bicyclic) bond motifs is 1. The van der Waals surface area contributed by atoms with E-state index < -0.39 is 0 Å². The number of aryl methyl sites for hydroxylation is 1. The van der Waals surface area contributed by atoms with Gasteiger partial charge in [-0.1, -0.05) is 36.4 Å². The van der Waals surface area contributed by atoms with E-state index in [9.17, 15) is 0 Å². The Bertz CT molecular complexity index is 565. The molecule has 0 aliphatic heterocycles. The molecule has 2 N–H and O–H groups in total. The fourth-order valence-corrected chi connectivity index (χ4v) is 2.74. The fraction of sp³-hybridized carbons (Fsp3) is 0.294. The van der Waals surface area contributed by atoms with Crippen LogP contribution in [0.15, 0.2) is 48.5 Å². The molecule has 0 aromatic heterocycles. The maximum absolute atomic E-state index is 6.17. The van der Waals surface area contributed by atoms with Crippen LogP contribution < -0.4 is 10.5 Å². The van der Waals surface area contributed by atoms with Crippen LogP contribution in [0.25, 0.3) is 0 Å². The standard InChI is InChI=1S/C17H19NO/c18-12-13-5-3-8-15(11-13)19-17-10-4-7-14-6-1-2-9-16(14)17/h1-3,5-6,8-9,11,17H,4,7,10,12,18H2. The summed E-state index contributed by atoms with van der Waals surface area (Å²) in [5.74, 6) is 0.921. The Kier molecular flexibility index (Phi) is 3.51. The highest BCUT2D eigenvalue weighted by Crippen LogP contribution is 2.33. The van der Waals surface area contributed by atoms with E-state index in [1.165, 1.54) is 24.0 Å². The van der Waals surface area contributed by atoms with Crippen molar-refractivity contribution in [1.29, 1.82) is 0 Å². The van der Waals surface area contributed by atoms with Crippen LogP contribution in [0.3, 0.4) is 0 Å². The highest BCUT2D eigenvalue weighted by atomic mass is 16.5. The van der Waals surface area contributed by atoms with Gasteiger partial charge in [-0.25, -0.2) is 0 Å². The SMILES string of the molecule is NCc1cccc(OC2CCCc3ccccc32)c1. The molecule has 0 saturated carbocycles. The average Bonchev–Trinajstić information content (AvgIpc) is 2.48. The van der Waals surface area contributed by atoms with Gasteiger partial charge < -0.3 is 10.5 Å². The Morgan fingerprint density at radius 1 is 1.11 bits per heavy atom. The van der Waals surface area contributed by atoms with Crippen LogP contribution in [-0.2, 0) is 13.0 Å². The van der Waals surface area contributed by atoms with Gasteiger partial charge >= 0.3 is 0 Å². The first-order valence-electron chi connectivity index (χ1n) is 6.90. The van der Waals surface area contributed by atoms with E-state index in [1.807, 2.05) is 24.3 Å². The molecule has 2 aromatic rings. The van der Waals surface area contributed by atoms with Gasteiger partial charge in [0.05, 0.1) is 0 Å². The first-order chi connectivity index (χ1) is 9.36.